The molecule has 2 aromatic rings. The number of nitro groups is 1. The van der Waals surface area contributed by atoms with E-state index in [1.807, 2.05) is 0 Å². The number of benzene rings is 1. The van der Waals surface area contributed by atoms with Gasteiger partial charge in [-0.25, -0.2) is 13.1 Å². The number of hydrogen-bond acceptors (Lipinski definition) is 7. The van der Waals surface area contributed by atoms with Gasteiger partial charge in [-0.1, -0.05) is 5.16 Å². The molecule has 0 spiro atoms. The number of nitro benzene ring substituents is 1. The molecule has 0 saturated carbocycles. The Morgan fingerprint density at radius 1 is 1.40 bits per heavy atom. The van der Waals surface area contributed by atoms with Gasteiger partial charge in [-0.15, -0.1) is 0 Å². The number of nitrogens with zero attached hydrogens (tertiary/aromatic N) is 2. The fraction of sp³-hybridized carbons (Fsp3) is 0.100. The number of sulfonamides is 1. The number of rotatable bonds is 5. The maximum atomic E-state index is 12.0. The van der Waals surface area contributed by atoms with E-state index in [4.69, 9.17) is 5.73 Å². The third kappa shape index (κ3) is 2.92. The smallest absolute Gasteiger partial charge is 0.292 e. The second-order valence-electron chi connectivity index (χ2n) is 3.79. The molecule has 0 atom stereocenters. The molecule has 0 unspecified atom stereocenters. The summed E-state index contributed by atoms with van der Waals surface area (Å²) in [5.74, 6) is 0. The van der Waals surface area contributed by atoms with Gasteiger partial charge in [0.25, 0.3) is 5.69 Å². The van der Waals surface area contributed by atoms with Gasteiger partial charge in [0.15, 0.2) is 0 Å². The van der Waals surface area contributed by atoms with E-state index in [0.29, 0.717) is 5.69 Å². The van der Waals surface area contributed by atoms with Crippen LogP contribution in [0.4, 0.5) is 11.4 Å². The van der Waals surface area contributed by atoms with E-state index in [-0.39, 0.29) is 22.8 Å². The molecular formula is C10H10N4O5S. The summed E-state index contributed by atoms with van der Waals surface area (Å²) in [5, 5.41) is 14.2. The van der Waals surface area contributed by atoms with Crippen LogP contribution in [0.5, 0.6) is 0 Å². The Labute approximate surface area is 113 Å². The summed E-state index contributed by atoms with van der Waals surface area (Å²) < 4.78 is 30.8. The summed E-state index contributed by atoms with van der Waals surface area (Å²) in [5.41, 5.74) is 5.28. The van der Waals surface area contributed by atoms with Crippen LogP contribution in [0.15, 0.2) is 39.9 Å². The van der Waals surface area contributed by atoms with Gasteiger partial charge in [-0.3, -0.25) is 10.1 Å². The summed E-state index contributed by atoms with van der Waals surface area (Å²) in [6.07, 6.45) is 1.31. The lowest BCUT2D eigenvalue weighted by molar-refractivity contribution is -0.383. The molecule has 9 nitrogen and oxygen atoms in total. The first-order valence-corrected chi connectivity index (χ1v) is 6.81. The highest BCUT2D eigenvalue weighted by Gasteiger charge is 2.19. The van der Waals surface area contributed by atoms with Gasteiger partial charge in [0.1, 0.15) is 12.0 Å². The minimum absolute atomic E-state index is 0.0598. The molecule has 2 rings (SSSR count). The zero-order chi connectivity index (χ0) is 14.8. The maximum Gasteiger partial charge on any atom is 0.292 e. The molecule has 20 heavy (non-hydrogen) atoms. The van der Waals surface area contributed by atoms with Crippen LogP contribution in [-0.4, -0.2) is 18.5 Å². The number of anilines is 1. The second kappa shape index (κ2) is 5.27. The molecule has 0 aliphatic rings. The molecule has 0 amide bonds. The van der Waals surface area contributed by atoms with Crippen molar-refractivity contribution in [3.8, 4) is 0 Å². The van der Waals surface area contributed by atoms with Crippen molar-refractivity contribution in [2.24, 2.45) is 0 Å². The Kier molecular flexibility index (Phi) is 3.68. The van der Waals surface area contributed by atoms with E-state index >= 15 is 0 Å². The summed E-state index contributed by atoms with van der Waals surface area (Å²) in [6, 6.07) is 4.69. The Morgan fingerprint density at radius 3 is 2.70 bits per heavy atom. The SMILES string of the molecule is Nc1cc(S(=O)(=O)NCc2ccon2)ccc1[N+](=O)[O-]. The highest BCUT2D eigenvalue weighted by molar-refractivity contribution is 7.89. The number of nitrogens with two attached hydrogens (primary N) is 1. The van der Waals surface area contributed by atoms with Gasteiger partial charge in [-0.2, -0.15) is 0 Å². The Hall–Kier alpha value is -2.46. The molecule has 0 saturated heterocycles. The normalized spacial score (nSPS) is 11.4. The predicted molar refractivity (Wildman–Crippen MR) is 68.0 cm³/mol. The molecular weight excluding hydrogens is 288 g/mol. The van der Waals surface area contributed by atoms with Crippen molar-refractivity contribution >= 4 is 21.4 Å². The van der Waals surface area contributed by atoms with Crippen molar-refractivity contribution in [1.29, 1.82) is 0 Å². The molecule has 1 aromatic carbocycles. The zero-order valence-corrected chi connectivity index (χ0v) is 10.8. The molecule has 0 bridgehead atoms. The zero-order valence-electron chi connectivity index (χ0n) is 10.0. The van der Waals surface area contributed by atoms with Crippen molar-refractivity contribution in [2.45, 2.75) is 11.4 Å². The minimum Gasteiger partial charge on any atom is -0.393 e. The highest BCUT2D eigenvalue weighted by Crippen LogP contribution is 2.24. The van der Waals surface area contributed by atoms with E-state index in [1.165, 1.54) is 12.3 Å². The Balaban J connectivity index is 2.21. The standard InChI is InChI=1S/C10H10N4O5S/c11-9-5-8(1-2-10(9)14(15)16)20(17,18)12-6-7-3-4-19-13-7/h1-5,12H,6,11H2. The Morgan fingerprint density at radius 2 is 2.15 bits per heavy atom. The lowest BCUT2D eigenvalue weighted by Crippen LogP contribution is -2.23. The van der Waals surface area contributed by atoms with Crippen LogP contribution in [0, 0.1) is 10.1 Å². The summed E-state index contributed by atoms with van der Waals surface area (Å²) in [7, 11) is -3.84. The lowest BCUT2D eigenvalue weighted by atomic mass is 10.3. The predicted octanol–water partition coefficient (Wildman–Crippen LogP) is 0.643. The largest absolute Gasteiger partial charge is 0.393 e. The molecule has 10 heteroatoms. The molecule has 106 valence electrons. The first-order chi connectivity index (χ1) is 9.40. The average molecular weight is 298 g/mol. The van der Waals surface area contributed by atoms with Gasteiger partial charge in [0, 0.05) is 12.1 Å². The molecule has 3 N–H and O–H groups in total. The van der Waals surface area contributed by atoms with Gasteiger partial charge >= 0.3 is 0 Å². The summed E-state index contributed by atoms with van der Waals surface area (Å²) in [6.45, 7) is -0.0598. The van der Waals surface area contributed by atoms with Crippen molar-refractivity contribution in [3.05, 3.63) is 46.3 Å². The van der Waals surface area contributed by atoms with E-state index < -0.39 is 14.9 Å². The fourth-order valence-corrected chi connectivity index (χ4v) is 2.48. The van der Waals surface area contributed by atoms with Crippen LogP contribution in [-0.2, 0) is 16.6 Å². The van der Waals surface area contributed by atoms with E-state index in [0.717, 1.165) is 18.2 Å². The fourth-order valence-electron chi connectivity index (χ4n) is 1.45. The third-order valence-corrected chi connectivity index (χ3v) is 3.84. The quantitative estimate of drug-likeness (QED) is 0.468. The van der Waals surface area contributed by atoms with Gasteiger partial charge in [0.2, 0.25) is 10.0 Å². The summed E-state index contributed by atoms with van der Waals surface area (Å²) >= 11 is 0. The van der Waals surface area contributed by atoms with Crippen LogP contribution < -0.4 is 10.5 Å². The van der Waals surface area contributed by atoms with Crippen LogP contribution in [0.25, 0.3) is 0 Å². The third-order valence-electron chi connectivity index (χ3n) is 2.44. The van der Waals surface area contributed by atoms with E-state index in [9.17, 15) is 18.5 Å². The highest BCUT2D eigenvalue weighted by atomic mass is 32.2. The molecule has 0 aliphatic carbocycles. The number of nitrogens with one attached hydrogen (secondary N) is 1. The van der Waals surface area contributed by atoms with Crippen molar-refractivity contribution in [2.75, 3.05) is 5.73 Å². The van der Waals surface area contributed by atoms with E-state index in [1.54, 1.807) is 0 Å². The number of hydrogen-bond donors (Lipinski definition) is 2. The van der Waals surface area contributed by atoms with Gasteiger partial charge in [-0.05, 0) is 12.1 Å². The second-order valence-corrected chi connectivity index (χ2v) is 5.56. The monoisotopic (exact) mass is 298 g/mol. The van der Waals surface area contributed by atoms with Crippen molar-refractivity contribution < 1.29 is 17.9 Å². The van der Waals surface area contributed by atoms with Crippen LogP contribution in [0.3, 0.4) is 0 Å². The van der Waals surface area contributed by atoms with Crippen LogP contribution in [0.1, 0.15) is 5.69 Å². The Bertz CT molecular complexity index is 726. The van der Waals surface area contributed by atoms with Crippen LogP contribution >= 0.6 is 0 Å². The van der Waals surface area contributed by atoms with Crippen molar-refractivity contribution in [3.63, 3.8) is 0 Å². The summed E-state index contributed by atoms with van der Waals surface area (Å²) in [4.78, 5) is 9.76. The number of nitrogen functional groups attached to an aromatic ring is 1. The molecule has 0 radical (unpaired) electrons. The average Bonchev–Trinajstić information content (AvgIpc) is 2.89. The van der Waals surface area contributed by atoms with Crippen molar-refractivity contribution in [1.82, 2.24) is 9.88 Å². The molecule has 1 aromatic heterocycles. The first kappa shape index (κ1) is 14.0. The maximum absolute atomic E-state index is 12.0. The molecule has 0 aliphatic heterocycles. The molecule has 0 fully saturated rings. The van der Waals surface area contributed by atoms with Gasteiger partial charge in [0.05, 0.1) is 22.1 Å². The lowest BCUT2D eigenvalue weighted by Gasteiger charge is -2.06. The topological polar surface area (TPSA) is 141 Å². The van der Waals surface area contributed by atoms with Gasteiger partial charge < -0.3 is 10.3 Å². The van der Waals surface area contributed by atoms with E-state index in [2.05, 4.69) is 14.4 Å². The minimum atomic E-state index is -3.84. The van der Waals surface area contributed by atoms with Crippen LogP contribution in [0.2, 0.25) is 0 Å². The molecule has 1 heterocycles. The number of aromatic nitrogens is 1. The first-order valence-electron chi connectivity index (χ1n) is 5.33.